The summed E-state index contributed by atoms with van der Waals surface area (Å²) in [7, 11) is 1.61. The summed E-state index contributed by atoms with van der Waals surface area (Å²) in [6, 6.07) is 26.2. The Hall–Kier alpha value is -4.23. The van der Waals surface area contributed by atoms with Gasteiger partial charge in [-0.15, -0.1) is 0 Å². The van der Waals surface area contributed by atoms with Gasteiger partial charge in [0, 0.05) is 11.3 Å². The van der Waals surface area contributed by atoms with Crippen LogP contribution in [-0.4, -0.2) is 24.4 Å². The van der Waals surface area contributed by atoms with Crippen LogP contribution in [0.25, 0.3) is 10.8 Å². The second-order valence-electron chi connectivity index (χ2n) is 7.51. The number of rotatable bonds is 6. The molecule has 170 valence electrons. The number of carbonyl (C=O) groups is 1. The molecule has 6 nitrogen and oxygen atoms in total. The molecule has 0 aliphatic carbocycles. The van der Waals surface area contributed by atoms with Crippen molar-refractivity contribution in [1.82, 2.24) is 5.43 Å². The number of anilines is 1. The molecule has 0 heterocycles. The van der Waals surface area contributed by atoms with E-state index in [2.05, 4.69) is 15.8 Å². The fraction of sp³-hybridized carbons (Fsp3) is 0.0741. The highest BCUT2D eigenvalue weighted by atomic mass is 32.1. The molecule has 0 unspecified atom stereocenters. The van der Waals surface area contributed by atoms with Crippen LogP contribution >= 0.6 is 12.2 Å². The van der Waals surface area contributed by atoms with Crippen LogP contribution < -0.4 is 20.2 Å². The molecular formula is C27H23N3O3S. The molecule has 2 N–H and O–H groups in total. The van der Waals surface area contributed by atoms with Gasteiger partial charge in [0.2, 0.25) is 0 Å². The molecule has 0 saturated carbocycles. The maximum absolute atomic E-state index is 12.8. The van der Waals surface area contributed by atoms with Gasteiger partial charge in [-0.25, -0.2) is 4.79 Å². The van der Waals surface area contributed by atoms with Crippen LogP contribution in [0.1, 0.15) is 21.5 Å². The minimum absolute atomic E-state index is 0.319. The van der Waals surface area contributed by atoms with Crippen molar-refractivity contribution in [2.75, 3.05) is 12.4 Å². The fourth-order valence-electron chi connectivity index (χ4n) is 3.42. The van der Waals surface area contributed by atoms with Gasteiger partial charge >= 0.3 is 5.97 Å². The predicted molar refractivity (Wildman–Crippen MR) is 140 cm³/mol. The van der Waals surface area contributed by atoms with Gasteiger partial charge in [-0.05, 0) is 72.4 Å². The lowest BCUT2D eigenvalue weighted by Gasteiger charge is -2.11. The number of benzene rings is 4. The van der Waals surface area contributed by atoms with Crippen LogP contribution in [0.5, 0.6) is 11.5 Å². The number of nitrogens with one attached hydrogen (secondary N) is 2. The molecule has 0 aliphatic heterocycles. The Bertz CT molecular complexity index is 1370. The summed E-state index contributed by atoms with van der Waals surface area (Å²) in [6.45, 7) is 1.93. The van der Waals surface area contributed by atoms with Crippen LogP contribution in [0.3, 0.4) is 0 Å². The van der Waals surface area contributed by atoms with Gasteiger partial charge in [-0.2, -0.15) is 5.10 Å². The zero-order chi connectivity index (χ0) is 23.9. The van der Waals surface area contributed by atoms with Crippen molar-refractivity contribution in [2.24, 2.45) is 5.10 Å². The lowest BCUT2D eigenvalue weighted by Crippen LogP contribution is -2.23. The third-order valence-electron chi connectivity index (χ3n) is 5.09. The van der Waals surface area contributed by atoms with Crippen molar-refractivity contribution >= 4 is 46.0 Å². The summed E-state index contributed by atoms with van der Waals surface area (Å²) >= 11 is 5.33. The molecule has 0 bridgehead atoms. The molecule has 0 aliphatic rings. The van der Waals surface area contributed by atoms with E-state index in [1.54, 1.807) is 31.5 Å². The monoisotopic (exact) mass is 469 g/mol. The Kier molecular flexibility index (Phi) is 7.15. The maximum atomic E-state index is 12.8. The van der Waals surface area contributed by atoms with E-state index in [0.717, 1.165) is 27.8 Å². The van der Waals surface area contributed by atoms with Crippen LogP contribution in [0, 0.1) is 6.92 Å². The molecule has 0 amide bonds. The molecule has 7 heteroatoms. The Labute approximate surface area is 203 Å². The van der Waals surface area contributed by atoms with E-state index >= 15 is 0 Å². The first-order valence-electron chi connectivity index (χ1n) is 10.6. The third-order valence-corrected chi connectivity index (χ3v) is 5.29. The molecule has 0 spiro atoms. The summed E-state index contributed by atoms with van der Waals surface area (Å²) < 4.78 is 10.9. The number of hydrazone groups is 1. The number of aryl methyl sites for hydroxylation is 1. The first kappa shape index (κ1) is 22.9. The van der Waals surface area contributed by atoms with Crippen molar-refractivity contribution in [3.05, 3.63) is 102 Å². The Morgan fingerprint density at radius 1 is 0.971 bits per heavy atom. The first-order valence-corrected chi connectivity index (χ1v) is 11.0. The van der Waals surface area contributed by atoms with Crippen LogP contribution in [0.2, 0.25) is 0 Å². The number of methoxy groups -OCH3 is 1. The Morgan fingerprint density at radius 2 is 1.76 bits per heavy atom. The number of ether oxygens (including phenoxy) is 2. The van der Waals surface area contributed by atoms with E-state index in [-0.39, 0.29) is 0 Å². The van der Waals surface area contributed by atoms with Crippen molar-refractivity contribution in [3.63, 3.8) is 0 Å². The topological polar surface area (TPSA) is 71.9 Å². The number of thiocarbonyl (C=S) groups is 1. The smallest absolute Gasteiger partial charge is 0.343 e. The van der Waals surface area contributed by atoms with E-state index in [0.29, 0.717) is 22.0 Å². The third kappa shape index (κ3) is 5.57. The SMILES string of the molecule is COc1ccc(NC(=S)N/N=C/c2c(OC(=O)c3cccc(C)c3)ccc3ccccc23)cc1. The van der Waals surface area contributed by atoms with Gasteiger partial charge in [0.25, 0.3) is 0 Å². The second kappa shape index (κ2) is 10.6. The summed E-state index contributed by atoms with van der Waals surface area (Å²) in [5.74, 6) is 0.731. The molecule has 0 radical (unpaired) electrons. The quantitative estimate of drug-likeness (QED) is 0.124. The average molecular weight is 470 g/mol. The normalized spacial score (nSPS) is 10.8. The summed E-state index contributed by atoms with van der Waals surface area (Å²) in [6.07, 6.45) is 1.60. The highest BCUT2D eigenvalue weighted by Crippen LogP contribution is 2.27. The first-order chi connectivity index (χ1) is 16.5. The van der Waals surface area contributed by atoms with Crippen LogP contribution in [-0.2, 0) is 0 Å². The number of nitrogens with zero attached hydrogens (tertiary/aromatic N) is 1. The standard InChI is InChI=1S/C27H23N3O3S/c1-18-6-5-8-20(16-18)26(31)33-25-15-10-19-7-3-4-9-23(19)24(25)17-28-30-27(34)29-21-11-13-22(32-2)14-12-21/h3-17H,1-2H3,(H2,29,30,34)/b28-17+. The van der Waals surface area contributed by atoms with Gasteiger partial charge in [0.1, 0.15) is 11.5 Å². The largest absolute Gasteiger partial charge is 0.497 e. The lowest BCUT2D eigenvalue weighted by molar-refractivity contribution is 0.0734. The highest BCUT2D eigenvalue weighted by molar-refractivity contribution is 7.80. The fourth-order valence-corrected chi connectivity index (χ4v) is 3.59. The molecular weight excluding hydrogens is 446 g/mol. The highest BCUT2D eigenvalue weighted by Gasteiger charge is 2.13. The minimum atomic E-state index is -0.432. The summed E-state index contributed by atoms with van der Waals surface area (Å²) in [4.78, 5) is 12.8. The number of hydrogen-bond acceptors (Lipinski definition) is 5. The molecule has 0 fully saturated rings. The van der Waals surface area contributed by atoms with Crippen LogP contribution in [0.4, 0.5) is 5.69 Å². The number of fused-ring (bicyclic) bond motifs is 1. The van der Waals surface area contributed by atoms with Gasteiger partial charge < -0.3 is 14.8 Å². The average Bonchev–Trinajstić information content (AvgIpc) is 2.85. The van der Waals surface area contributed by atoms with Gasteiger partial charge in [-0.3, -0.25) is 5.43 Å². The maximum Gasteiger partial charge on any atom is 0.343 e. The summed E-state index contributed by atoms with van der Waals surface area (Å²) in [5.41, 5.74) is 5.74. The van der Waals surface area contributed by atoms with E-state index in [9.17, 15) is 4.79 Å². The molecule has 4 aromatic rings. The minimum Gasteiger partial charge on any atom is -0.497 e. The molecule has 34 heavy (non-hydrogen) atoms. The predicted octanol–water partition coefficient (Wildman–Crippen LogP) is 5.70. The van der Waals surface area contributed by atoms with Crippen LogP contribution in [0.15, 0.2) is 90.0 Å². The zero-order valence-corrected chi connectivity index (χ0v) is 19.6. The second-order valence-corrected chi connectivity index (χ2v) is 7.92. The zero-order valence-electron chi connectivity index (χ0n) is 18.7. The lowest BCUT2D eigenvalue weighted by atomic mass is 10.0. The van der Waals surface area contributed by atoms with Crippen molar-refractivity contribution in [2.45, 2.75) is 6.92 Å². The molecule has 4 rings (SSSR count). The number of hydrogen-bond donors (Lipinski definition) is 2. The van der Waals surface area contributed by atoms with Gasteiger partial charge in [0.05, 0.1) is 18.9 Å². The molecule has 4 aromatic carbocycles. The van der Waals surface area contributed by atoms with E-state index < -0.39 is 5.97 Å². The Balaban J connectivity index is 1.54. The molecule has 0 aromatic heterocycles. The van der Waals surface area contributed by atoms with Gasteiger partial charge in [0.15, 0.2) is 5.11 Å². The molecule has 0 saturated heterocycles. The van der Waals surface area contributed by atoms with E-state index in [1.807, 2.05) is 73.7 Å². The molecule has 0 atom stereocenters. The Morgan fingerprint density at radius 3 is 2.53 bits per heavy atom. The van der Waals surface area contributed by atoms with E-state index in [1.165, 1.54) is 0 Å². The number of esters is 1. The van der Waals surface area contributed by atoms with Crippen molar-refractivity contribution in [3.8, 4) is 11.5 Å². The van der Waals surface area contributed by atoms with Gasteiger partial charge in [-0.1, -0.05) is 48.0 Å². The van der Waals surface area contributed by atoms with Crippen molar-refractivity contribution < 1.29 is 14.3 Å². The summed E-state index contributed by atoms with van der Waals surface area (Å²) in [5, 5.41) is 9.56. The van der Waals surface area contributed by atoms with Crippen molar-refractivity contribution in [1.29, 1.82) is 0 Å². The number of carbonyl (C=O) groups excluding carboxylic acids is 1. The van der Waals surface area contributed by atoms with E-state index in [4.69, 9.17) is 21.7 Å².